The number of rotatable bonds is 3. The molecule has 2 atom stereocenters. The molecular formula is C13H14N2O3. The zero-order chi connectivity index (χ0) is 13.0. The molecule has 1 aromatic carbocycles. The summed E-state index contributed by atoms with van der Waals surface area (Å²) >= 11 is 0. The summed E-state index contributed by atoms with van der Waals surface area (Å²) in [4.78, 5) is 17.1. The van der Waals surface area contributed by atoms with Crippen LogP contribution in [0.15, 0.2) is 30.3 Å². The molecule has 0 N–H and O–H groups in total. The summed E-state index contributed by atoms with van der Waals surface area (Å²) in [6, 6.07) is 10.4. The molecule has 0 spiro atoms. The van der Waals surface area contributed by atoms with E-state index in [1.54, 1.807) is 31.4 Å². The highest BCUT2D eigenvalue weighted by molar-refractivity contribution is 5.89. The number of hydrogen-bond donors (Lipinski definition) is 0. The van der Waals surface area contributed by atoms with Gasteiger partial charge in [-0.25, -0.2) is 4.79 Å². The number of carbonyl (C=O) groups excluding carboxylic acids is 1. The van der Waals surface area contributed by atoms with E-state index in [1.807, 2.05) is 6.07 Å². The molecule has 0 radical (unpaired) electrons. The summed E-state index contributed by atoms with van der Waals surface area (Å²) in [7, 11) is 1.58. The van der Waals surface area contributed by atoms with E-state index in [2.05, 4.69) is 6.07 Å². The number of ether oxygens (including phenoxy) is 1. The lowest BCUT2D eigenvalue weighted by atomic mass is 10.2. The lowest BCUT2D eigenvalue weighted by molar-refractivity contribution is -0.113. The van der Waals surface area contributed by atoms with Crippen molar-refractivity contribution < 1.29 is 14.4 Å². The van der Waals surface area contributed by atoms with Crippen molar-refractivity contribution in [3.8, 4) is 6.07 Å². The second kappa shape index (κ2) is 5.63. The molecule has 2 rings (SSSR count). The normalized spacial score (nSPS) is 23.6. The maximum atomic E-state index is 11.8. The van der Waals surface area contributed by atoms with Gasteiger partial charge in [-0.2, -0.15) is 5.26 Å². The topological polar surface area (TPSA) is 62.6 Å². The average Bonchev–Trinajstić information content (AvgIpc) is 2.82. The van der Waals surface area contributed by atoms with Crippen LogP contribution in [0.3, 0.4) is 0 Å². The van der Waals surface area contributed by atoms with Crippen LogP contribution in [-0.2, 0) is 9.57 Å². The summed E-state index contributed by atoms with van der Waals surface area (Å²) in [5, 5.41) is 10.4. The van der Waals surface area contributed by atoms with E-state index in [9.17, 15) is 4.79 Å². The molecule has 5 heteroatoms. The van der Waals surface area contributed by atoms with Gasteiger partial charge < -0.3 is 9.57 Å². The number of carbonyl (C=O) groups is 1. The predicted octanol–water partition coefficient (Wildman–Crippen LogP) is 1.37. The molecule has 94 valence electrons. The number of hydroxylamine groups is 2. The largest absolute Gasteiger partial charge is 0.380 e. The maximum absolute atomic E-state index is 11.8. The van der Waals surface area contributed by atoms with Gasteiger partial charge in [-0.1, -0.05) is 18.2 Å². The van der Waals surface area contributed by atoms with Gasteiger partial charge in [0.05, 0.1) is 24.3 Å². The first-order valence-electron chi connectivity index (χ1n) is 5.71. The minimum absolute atomic E-state index is 0.0711. The number of methoxy groups -OCH3 is 1. The van der Waals surface area contributed by atoms with Crippen LogP contribution >= 0.6 is 0 Å². The Balaban J connectivity index is 2.01. The van der Waals surface area contributed by atoms with Gasteiger partial charge in [0.2, 0.25) is 0 Å². The van der Waals surface area contributed by atoms with Crippen molar-refractivity contribution in [3.05, 3.63) is 35.9 Å². The maximum Gasteiger partial charge on any atom is 0.357 e. The average molecular weight is 246 g/mol. The summed E-state index contributed by atoms with van der Waals surface area (Å²) in [6.45, 7) is 0.424. The summed E-state index contributed by atoms with van der Waals surface area (Å²) in [6.07, 6.45) is 0.480. The summed E-state index contributed by atoms with van der Waals surface area (Å²) in [5.41, 5.74) is 0.468. The Morgan fingerprint density at radius 2 is 2.17 bits per heavy atom. The predicted molar refractivity (Wildman–Crippen MR) is 63.4 cm³/mol. The first kappa shape index (κ1) is 12.6. The van der Waals surface area contributed by atoms with Gasteiger partial charge in [-0.05, 0) is 12.1 Å². The Bertz CT molecular complexity index is 455. The number of nitrogens with zero attached hydrogens (tertiary/aromatic N) is 2. The van der Waals surface area contributed by atoms with Crippen molar-refractivity contribution in [2.24, 2.45) is 0 Å². The van der Waals surface area contributed by atoms with Crippen molar-refractivity contribution in [1.29, 1.82) is 5.26 Å². The fraction of sp³-hybridized carbons (Fsp3) is 0.385. The van der Waals surface area contributed by atoms with E-state index < -0.39 is 12.0 Å². The second-order valence-corrected chi connectivity index (χ2v) is 4.08. The molecule has 1 saturated heterocycles. The molecule has 0 aliphatic carbocycles. The van der Waals surface area contributed by atoms with E-state index in [4.69, 9.17) is 14.8 Å². The lowest BCUT2D eigenvalue weighted by Crippen LogP contribution is -2.32. The first-order chi connectivity index (χ1) is 8.74. The van der Waals surface area contributed by atoms with Crippen LogP contribution in [0.2, 0.25) is 0 Å². The summed E-state index contributed by atoms with van der Waals surface area (Å²) in [5.74, 6) is -0.451. The van der Waals surface area contributed by atoms with E-state index in [1.165, 1.54) is 5.06 Å². The van der Waals surface area contributed by atoms with Crippen LogP contribution in [0, 0.1) is 11.3 Å². The highest BCUT2D eigenvalue weighted by Gasteiger charge is 2.35. The van der Waals surface area contributed by atoms with Gasteiger partial charge in [0.25, 0.3) is 0 Å². The standard InChI is InChI=1S/C13H14N2O3/c1-17-12-7-11(8-14)15(9-12)18-13(16)10-5-3-2-4-6-10/h2-6,11-12H,7,9H2,1H3/t11-,12+/m0/s1. The lowest BCUT2D eigenvalue weighted by Gasteiger charge is -2.17. The fourth-order valence-corrected chi connectivity index (χ4v) is 1.89. The molecule has 5 nitrogen and oxygen atoms in total. The minimum Gasteiger partial charge on any atom is -0.380 e. The smallest absolute Gasteiger partial charge is 0.357 e. The second-order valence-electron chi connectivity index (χ2n) is 4.08. The molecule has 0 bridgehead atoms. The van der Waals surface area contributed by atoms with Crippen molar-refractivity contribution >= 4 is 5.97 Å². The highest BCUT2D eigenvalue weighted by Crippen LogP contribution is 2.20. The Morgan fingerprint density at radius 1 is 1.44 bits per heavy atom. The molecular weight excluding hydrogens is 232 g/mol. The number of benzene rings is 1. The number of nitriles is 1. The minimum atomic E-state index is -0.451. The van der Waals surface area contributed by atoms with E-state index in [0.717, 1.165) is 0 Å². The SMILES string of the molecule is CO[C@@H]1C[C@@H](C#N)N(OC(=O)c2ccccc2)C1. The van der Waals surface area contributed by atoms with Crippen molar-refractivity contribution in [1.82, 2.24) is 5.06 Å². The first-order valence-corrected chi connectivity index (χ1v) is 5.71. The Kier molecular flexibility index (Phi) is 3.92. The van der Waals surface area contributed by atoms with Gasteiger partial charge in [0, 0.05) is 13.5 Å². The fourth-order valence-electron chi connectivity index (χ4n) is 1.89. The molecule has 1 aliphatic rings. The van der Waals surface area contributed by atoms with Crippen molar-refractivity contribution in [2.45, 2.75) is 18.6 Å². The van der Waals surface area contributed by atoms with Crippen LogP contribution < -0.4 is 0 Å². The van der Waals surface area contributed by atoms with Gasteiger partial charge in [-0.15, -0.1) is 5.06 Å². The van der Waals surface area contributed by atoms with Crippen LogP contribution in [0.5, 0.6) is 0 Å². The Labute approximate surface area is 105 Å². The van der Waals surface area contributed by atoms with Gasteiger partial charge >= 0.3 is 5.97 Å². The molecule has 18 heavy (non-hydrogen) atoms. The van der Waals surface area contributed by atoms with Crippen LogP contribution in [0.1, 0.15) is 16.8 Å². The van der Waals surface area contributed by atoms with E-state index >= 15 is 0 Å². The van der Waals surface area contributed by atoms with Crippen LogP contribution in [0.4, 0.5) is 0 Å². The monoisotopic (exact) mass is 246 g/mol. The molecule has 1 aliphatic heterocycles. The Hall–Kier alpha value is -1.90. The van der Waals surface area contributed by atoms with Gasteiger partial charge in [0.1, 0.15) is 6.04 Å². The van der Waals surface area contributed by atoms with Crippen LogP contribution in [0.25, 0.3) is 0 Å². The molecule has 0 saturated carbocycles. The van der Waals surface area contributed by atoms with Crippen molar-refractivity contribution in [2.75, 3.05) is 13.7 Å². The molecule has 0 aromatic heterocycles. The summed E-state index contributed by atoms with van der Waals surface area (Å²) < 4.78 is 5.18. The number of hydrogen-bond acceptors (Lipinski definition) is 5. The van der Waals surface area contributed by atoms with Gasteiger partial charge in [-0.3, -0.25) is 0 Å². The third kappa shape index (κ3) is 2.67. The van der Waals surface area contributed by atoms with E-state index in [-0.39, 0.29) is 6.10 Å². The van der Waals surface area contributed by atoms with Crippen LogP contribution in [-0.4, -0.2) is 36.8 Å². The van der Waals surface area contributed by atoms with E-state index in [0.29, 0.717) is 18.5 Å². The molecule has 0 unspecified atom stereocenters. The molecule has 1 heterocycles. The molecule has 1 aromatic rings. The quantitative estimate of drug-likeness (QED) is 0.806. The van der Waals surface area contributed by atoms with Crippen molar-refractivity contribution in [3.63, 3.8) is 0 Å². The molecule has 1 fully saturated rings. The zero-order valence-corrected chi connectivity index (χ0v) is 10.1. The third-order valence-electron chi connectivity index (χ3n) is 2.91. The third-order valence-corrected chi connectivity index (χ3v) is 2.91. The molecule has 0 amide bonds. The van der Waals surface area contributed by atoms with Gasteiger partial charge in [0.15, 0.2) is 0 Å². The Morgan fingerprint density at radius 3 is 2.78 bits per heavy atom. The zero-order valence-electron chi connectivity index (χ0n) is 10.1. The highest BCUT2D eigenvalue weighted by atomic mass is 16.7.